The number of anilines is 2. The van der Waals surface area contributed by atoms with Crippen LogP contribution >= 0.6 is 11.6 Å². The standard InChI is InChI=1S/C28H25N5O3.C24H23N3O3.C4H3ClN2/c1-17(18-3-4-18)35-28(34)32-20-7-5-19(6-8-20)26-24(16-29)23-12-11-22(36-27-30-13-2-14-31-27)15-25(23)33(26)21-9-10-21;1-14(15-2-3-15)30-24(29)26-17-6-4-16(5-7-17)23-21(13-25)20-11-10-19(28)12-22(20)27(23)18-8-9-18;5-4-6-2-1-3-7-4/h2,5-8,11-15,17-18,21H,3-4,9-10H2,1H3,(H,32,34);4-7,10-12,14-15,18,28H,2-3,8-9H2,1H3,(H,26,29);1-3H/t17-;14-;/m11./s1. The van der Waals surface area contributed by atoms with Gasteiger partial charge < -0.3 is 28.5 Å². The highest BCUT2D eigenvalue weighted by atomic mass is 35.5. The number of carbonyl (C=O) groups is 2. The molecule has 3 N–H and O–H groups in total. The third-order valence-electron chi connectivity index (χ3n) is 13.3. The number of aromatic hydroxyl groups is 1. The van der Waals surface area contributed by atoms with Crippen LogP contribution in [0.2, 0.25) is 5.28 Å². The molecule has 0 saturated heterocycles. The number of nitrogens with zero attached hydrogens (tertiary/aromatic N) is 8. The van der Waals surface area contributed by atoms with Gasteiger partial charge in [0.05, 0.1) is 33.5 Å². The van der Waals surface area contributed by atoms with Crippen LogP contribution < -0.4 is 15.4 Å². The molecule has 17 heteroatoms. The van der Waals surface area contributed by atoms with Crippen molar-refractivity contribution < 1.29 is 28.9 Å². The number of carbonyl (C=O) groups excluding carboxylic acids is 2. The van der Waals surface area contributed by atoms with Crippen molar-refractivity contribution in [2.45, 2.75) is 89.5 Å². The number of phenolic OH excluding ortho intramolecular Hbond substituents is 1. The first kappa shape index (κ1) is 48.2. The first-order valence-corrected chi connectivity index (χ1v) is 24.8. The molecule has 4 aromatic carbocycles. The number of rotatable bonds is 12. The summed E-state index contributed by atoms with van der Waals surface area (Å²) in [5.41, 5.74) is 7.90. The molecular formula is C56H51ClN10O6. The number of nitrogens with one attached hydrogen (secondary N) is 2. The van der Waals surface area contributed by atoms with E-state index in [4.69, 9.17) is 25.8 Å². The van der Waals surface area contributed by atoms with Crippen molar-refractivity contribution in [1.82, 2.24) is 29.1 Å². The van der Waals surface area contributed by atoms with Crippen molar-refractivity contribution in [3.63, 3.8) is 0 Å². The average molecular weight is 996 g/mol. The highest BCUT2D eigenvalue weighted by Crippen LogP contribution is 2.47. The van der Waals surface area contributed by atoms with Gasteiger partial charge in [-0.2, -0.15) is 10.5 Å². The zero-order valence-electron chi connectivity index (χ0n) is 40.1. The fourth-order valence-corrected chi connectivity index (χ4v) is 9.09. The number of hydrogen-bond donors (Lipinski definition) is 3. The van der Waals surface area contributed by atoms with Gasteiger partial charge in [-0.05, 0) is 160 Å². The average Bonchev–Trinajstić information content (AvgIpc) is 4.17. The SMILES string of the molecule is C[C@@H](OC(=O)Nc1ccc(-c2c(C#N)c3ccc(O)cc3n2C2CC2)cc1)C1CC1.C[C@@H](OC(=O)Nc1ccc(-c2c(C#N)c3ccc(Oc4ncccn4)cc3n2C2CC2)cc1)C1CC1.Clc1ncccn1. The van der Waals surface area contributed by atoms with Crippen molar-refractivity contribution in [2.24, 2.45) is 11.8 Å². The summed E-state index contributed by atoms with van der Waals surface area (Å²) < 4.78 is 21.1. The number of halogens is 1. The quantitative estimate of drug-likeness (QED) is 0.0975. The van der Waals surface area contributed by atoms with E-state index in [-0.39, 0.29) is 24.0 Å². The molecule has 4 aromatic heterocycles. The Labute approximate surface area is 426 Å². The van der Waals surface area contributed by atoms with Gasteiger partial charge in [0.2, 0.25) is 5.28 Å². The molecule has 73 heavy (non-hydrogen) atoms. The van der Waals surface area contributed by atoms with Crippen LogP contribution in [0.5, 0.6) is 17.5 Å². The molecule has 0 radical (unpaired) electrons. The van der Waals surface area contributed by atoms with Crippen molar-refractivity contribution in [1.29, 1.82) is 10.5 Å². The topological polar surface area (TPSA) is 215 Å². The van der Waals surface area contributed by atoms with E-state index < -0.39 is 12.2 Å². The van der Waals surface area contributed by atoms with Crippen LogP contribution in [0.25, 0.3) is 44.3 Å². The molecule has 4 aliphatic rings. The van der Waals surface area contributed by atoms with Gasteiger partial charge in [-0.15, -0.1) is 0 Å². The van der Waals surface area contributed by atoms with E-state index in [0.717, 1.165) is 95.7 Å². The maximum Gasteiger partial charge on any atom is 0.411 e. The number of ether oxygens (including phenoxy) is 3. The Kier molecular flexibility index (Phi) is 13.9. The number of amides is 2. The van der Waals surface area contributed by atoms with E-state index >= 15 is 0 Å². The van der Waals surface area contributed by atoms with Crippen LogP contribution in [-0.4, -0.2) is 58.6 Å². The molecule has 2 atom stereocenters. The van der Waals surface area contributed by atoms with Gasteiger partial charge in [-0.1, -0.05) is 24.3 Å². The number of phenols is 1. The van der Waals surface area contributed by atoms with E-state index in [0.29, 0.717) is 57.5 Å². The largest absolute Gasteiger partial charge is 0.508 e. The molecule has 368 valence electrons. The second kappa shape index (κ2) is 21.1. The molecule has 0 spiro atoms. The normalized spacial score (nSPS) is 15.5. The molecule has 0 aliphatic heterocycles. The lowest BCUT2D eigenvalue weighted by molar-refractivity contribution is 0.108. The van der Waals surface area contributed by atoms with E-state index in [1.54, 1.807) is 55.1 Å². The zero-order chi connectivity index (χ0) is 50.6. The Bertz CT molecular complexity index is 3370. The van der Waals surface area contributed by atoms with Gasteiger partial charge in [0.1, 0.15) is 35.8 Å². The predicted octanol–water partition coefficient (Wildman–Crippen LogP) is 13.1. The Morgan fingerprint density at radius 1 is 0.630 bits per heavy atom. The molecule has 2 amide bonds. The fraction of sp³-hybridized carbons (Fsp3) is 0.286. The van der Waals surface area contributed by atoms with Crippen LogP contribution in [0.15, 0.2) is 122 Å². The lowest BCUT2D eigenvalue weighted by Gasteiger charge is -2.14. The number of benzene rings is 4. The minimum atomic E-state index is -0.443. The minimum Gasteiger partial charge on any atom is -0.508 e. The molecule has 8 aromatic rings. The summed E-state index contributed by atoms with van der Waals surface area (Å²) in [6, 6.07) is 35.0. The van der Waals surface area contributed by atoms with E-state index in [1.807, 2.05) is 80.6 Å². The molecular weight excluding hydrogens is 944 g/mol. The number of aromatic nitrogens is 6. The zero-order valence-corrected chi connectivity index (χ0v) is 40.9. The van der Waals surface area contributed by atoms with Crippen molar-refractivity contribution >= 4 is 57.0 Å². The molecule has 4 fully saturated rings. The van der Waals surface area contributed by atoms with Crippen LogP contribution in [0.1, 0.15) is 88.4 Å². The minimum absolute atomic E-state index is 0.0619. The molecule has 16 nitrogen and oxygen atoms in total. The summed E-state index contributed by atoms with van der Waals surface area (Å²) in [5, 5.41) is 37.6. The summed E-state index contributed by atoms with van der Waals surface area (Å²) in [4.78, 5) is 39.9. The van der Waals surface area contributed by atoms with Crippen LogP contribution in [0.3, 0.4) is 0 Å². The summed E-state index contributed by atoms with van der Waals surface area (Å²) >= 11 is 5.32. The van der Waals surface area contributed by atoms with Crippen molar-refractivity contribution in [3.8, 4) is 52.2 Å². The monoisotopic (exact) mass is 994 g/mol. The Morgan fingerprint density at radius 2 is 1.07 bits per heavy atom. The van der Waals surface area contributed by atoms with Crippen LogP contribution in [-0.2, 0) is 9.47 Å². The van der Waals surface area contributed by atoms with Gasteiger partial charge >= 0.3 is 18.2 Å². The lowest BCUT2D eigenvalue weighted by Crippen LogP contribution is -2.21. The number of fused-ring (bicyclic) bond motifs is 2. The van der Waals surface area contributed by atoms with Crippen molar-refractivity contribution in [3.05, 3.63) is 138 Å². The van der Waals surface area contributed by atoms with E-state index in [9.17, 15) is 25.2 Å². The second-order valence-corrected chi connectivity index (χ2v) is 19.0. The molecule has 12 rings (SSSR count). The first-order valence-electron chi connectivity index (χ1n) is 24.4. The lowest BCUT2D eigenvalue weighted by atomic mass is 10.1. The van der Waals surface area contributed by atoms with Crippen molar-refractivity contribution in [2.75, 3.05) is 10.6 Å². The third kappa shape index (κ3) is 11.4. The number of nitriles is 2. The molecule has 4 heterocycles. The summed E-state index contributed by atoms with van der Waals surface area (Å²) in [5.74, 6) is 1.78. The van der Waals surface area contributed by atoms with E-state index in [1.165, 1.54) is 0 Å². The number of hydrogen-bond acceptors (Lipinski definition) is 12. The van der Waals surface area contributed by atoms with Crippen LogP contribution in [0.4, 0.5) is 21.0 Å². The van der Waals surface area contributed by atoms with Gasteiger partial charge in [-0.3, -0.25) is 10.6 Å². The third-order valence-corrected chi connectivity index (χ3v) is 13.5. The smallest absolute Gasteiger partial charge is 0.411 e. The highest BCUT2D eigenvalue weighted by Gasteiger charge is 2.34. The van der Waals surface area contributed by atoms with Crippen LogP contribution in [0, 0.1) is 34.5 Å². The molecule has 0 unspecified atom stereocenters. The maximum absolute atomic E-state index is 12.2. The maximum atomic E-state index is 12.2. The molecule has 4 aliphatic carbocycles. The molecule has 4 saturated carbocycles. The van der Waals surface area contributed by atoms with Gasteiger partial charge in [0.25, 0.3) is 0 Å². The Morgan fingerprint density at radius 3 is 1.48 bits per heavy atom. The van der Waals surface area contributed by atoms with Gasteiger partial charge in [-0.25, -0.2) is 29.5 Å². The van der Waals surface area contributed by atoms with Gasteiger partial charge in [0, 0.05) is 71.2 Å². The second-order valence-electron chi connectivity index (χ2n) is 18.7. The van der Waals surface area contributed by atoms with E-state index in [2.05, 4.69) is 51.8 Å². The van der Waals surface area contributed by atoms with Gasteiger partial charge in [0.15, 0.2) is 0 Å². The predicted molar refractivity (Wildman–Crippen MR) is 276 cm³/mol. The summed E-state index contributed by atoms with van der Waals surface area (Å²) in [6.07, 6.45) is 14.1. The molecule has 0 bridgehead atoms. The summed E-state index contributed by atoms with van der Waals surface area (Å²) in [6.45, 7) is 3.86. The highest BCUT2D eigenvalue weighted by molar-refractivity contribution is 6.28. The Hall–Kier alpha value is -8.47. The summed E-state index contributed by atoms with van der Waals surface area (Å²) in [7, 11) is 0. The fourth-order valence-electron chi connectivity index (χ4n) is 8.97. The first-order chi connectivity index (χ1) is 35.5. The Balaban J connectivity index is 0.000000149.